The highest BCUT2D eigenvalue weighted by Crippen LogP contribution is 2.30. The van der Waals surface area contributed by atoms with Crippen molar-refractivity contribution < 1.29 is 14.3 Å². The molecule has 3 rings (SSSR count). The van der Waals surface area contributed by atoms with Crippen LogP contribution in [0.3, 0.4) is 0 Å². The van der Waals surface area contributed by atoms with Gasteiger partial charge >= 0.3 is 0 Å². The molecule has 1 unspecified atom stereocenters. The number of rotatable bonds is 3. The number of nitrogens with one attached hydrogen (secondary N) is 1. The number of fused-ring (bicyclic) bond motifs is 1. The topological polar surface area (TPSA) is 59.9 Å². The van der Waals surface area contributed by atoms with Crippen LogP contribution >= 0.6 is 11.6 Å². The molecule has 1 atom stereocenters. The molecule has 0 bridgehead atoms. The number of para-hydroxylation sites is 2. The maximum absolute atomic E-state index is 12.2. The fraction of sp³-hybridized carbons (Fsp3) is 0.176. The van der Waals surface area contributed by atoms with Crippen LogP contribution in [0.1, 0.15) is 12.5 Å². The molecule has 0 fully saturated rings. The van der Waals surface area contributed by atoms with Crippen molar-refractivity contribution in [2.24, 2.45) is 5.10 Å². The molecule has 1 aliphatic heterocycles. The van der Waals surface area contributed by atoms with E-state index in [2.05, 4.69) is 10.5 Å². The van der Waals surface area contributed by atoms with Crippen LogP contribution in [0.25, 0.3) is 0 Å². The van der Waals surface area contributed by atoms with Crippen molar-refractivity contribution in [2.75, 3.05) is 6.61 Å². The maximum Gasteiger partial charge on any atom is 0.284 e. The zero-order valence-electron chi connectivity index (χ0n) is 12.5. The second-order valence-electron chi connectivity index (χ2n) is 5.02. The number of amides is 1. The van der Waals surface area contributed by atoms with Gasteiger partial charge in [0, 0.05) is 10.6 Å². The first kappa shape index (κ1) is 15.4. The zero-order chi connectivity index (χ0) is 16.2. The summed E-state index contributed by atoms with van der Waals surface area (Å²) in [5.74, 6) is 0.809. The first-order chi connectivity index (χ1) is 11.1. The van der Waals surface area contributed by atoms with Gasteiger partial charge < -0.3 is 9.47 Å². The molecule has 0 spiro atoms. The highest BCUT2D eigenvalue weighted by atomic mass is 35.5. The summed E-state index contributed by atoms with van der Waals surface area (Å²) >= 11 is 6.10. The van der Waals surface area contributed by atoms with Crippen molar-refractivity contribution in [3.05, 3.63) is 59.1 Å². The highest BCUT2D eigenvalue weighted by molar-refractivity contribution is 6.34. The molecule has 1 N–H and O–H groups in total. The third-order valence-corrected chi connectivity index (χ3v) is 3.73. The van der Waals surface area contributed by atoms with Gasteiger partial charge in [-0.05, 0) is 25.1 Å². The van der Waals surface area contributed by atoms with E-state index < -0.39 is 6.10 Å². The molecule has 2 aromatic rings. The Morgan fingerprint density at radius 1 is 1.17 bits per heavy atom. The van der Waals surface area contributed by atoms with Crippen LogP contribution in [0, 0.1) is 0 Å². The summed E-state index contributed by atoms with van der Waals surface area (Å²) < 4.78 is 11.1. The van der Waals surface area contributed by atoms with E-state index in [4.69, 9.17) is 21.1 Å². The molecule has 0 saturated carbocycles. The van der Waals surface area contributed by atoms with E-state index in [0.717, 1.165) is 5.56 Å². The van der Waals surface area contributed by atoms with Gasteiger partial charge in [-0.2, -0.15) is 5.10 Å². The van der Waals surface area contributed by atoms with E-state index in [-0.39, 0.29) is 12.5 Å². The van der Waals surface area contributed by atoms with E-state index in [1.807, 2.05) is 30.3 Å². The summed E-state index contributed by atoms with van der Waals surface area (Å²) in [6.45, 7) is 1.92. The van der Waals surface area contributed by atoms with Crippen LogP contribution in [0.2, 0.25) is 5.02 Å². The van der Waals surface area contributed by atoms with E-state index in [1.165, 1.54) is 0 Å². The lowest BCUT2D eigenvalue weighted by Gasteiger charge is -2.24. The smallest absolute Gasteiger partial charge is 0.284 e. The predicted molar refractivity (Wildman–Crippen MR) is 88.2 cm³/mol. The molecule has 2 aromatic carbocycles. The number of carbonyl (C=O) groups is 1. The summed E-state index contributed by atoms with van der Waals surface area (Å²) in [6.07, 6.45) is -0.743. The van der Waals surface area contributed by atoms with E-state index in [1.54, 1.807) is 25.1 Å². The minimum atomic E-state index is -0.743. The van der Waals surface area contributed by atoms with Crippen molar-refractivity contribution in [1.29, 1.82) is 0 Å². The predicted octanol–water partition coefficient (Wildman–Crippen LogP) is 3.02. The average molecular weight is 331 g/mol. The van der Waals surface area contributed by atoms with Crippen molar-refractivity contribution in [1.82, 2.24) is 5.43 Å². The summed E-state index contributed by atoms with van der Waals surface area (Å²) in [5.41, 5.74) is 3.87. The summed E-state index contributed by atoms with van der Waals surface area (Å²) in [4.78, 5) is 12.2. The van der Waals surface area contributed by atoms with Gasteiger partial charge in [-0.3, -0.25) is 4.79 Å². The number of hydrogen-bond acceptors (Lipinski definition) is 4. The van der Waals surface area contributed by atoms with Crippen LogP contribution in [0.5, 0.6) is 11.5 Å². The highest BCUT2D eigenvalue weighted by Gasteiger charge is 2.27. The van der Waals surface area contributed by atoms with Gasteiger partial charge in [0.1, 0.15) is 6.61 Å². The first-order valence-electron chi connectivity index (χ1n) is 7.12. The Bertz CT molecular complexity index is 761. The molecule has 5 nitrogen and oxygen atoms in total. The van der Waals surface area contributed by atoms with Gasteiger partial charge in [-0.15, -0.1) is 0 Å². The Morgan fingerprint density at radius 3 is 2.65 bits per heavy atom. The third kappa shape index (κ3) is 3.46. The zero-order valence-corrected chi connectivity index (χ0v) is 13.2. The molecule has 0 radical (unpaired) electrons. The monoisotopic (exact) mass is 330 g/mol. The lowest BCUT2D eigenvalue weighted by Crippen LogP contribution is -2.42. The largest absolute Gasteiger partial charge is 0.485 e. The van der Waals surface area contributed by atoms with Crippen molar-refractivity contribution in [3.63, 3.8) is 0 Å². The molecule has 118 valence electrons. The van der Waals surface area contributed by atoms with Gasteiger partial charge in [0.15, 0.2) is 11.5 Å². The van der Waals surface area contributed by atoms with Crippen LogP contribution in [0.4, 0.5) is 0 Å². The molecular formula is C17H15ClN2O3. The Morgan fingerprint density at radius 2 is 1.87 bits per heavy atom. The number of nitrogens with zero attached hydrogens (tertiary/aromatic N) is 1. The molecule has 23 heavy (non-hydrogen) atoms. The Balaban J connectivity index is 1.66. The van der Waals surface area contributed by atoms with Gasteiger partial charge in [0.05, 0.1) is 5.71 Å². The van der Waals surface area contributed by atoms with Crippen molar-refractivity contribution >= 4 is 23.2 Å². The van der Waals surface area contributed by atoms with Crippen LogP contribution in [-0.2, 0) is 4.79 Å². The Kier molecular flexibility index (Phi) is 4.48. The number of carbonyl (C=O) groups excluding carboxylic acids is 1. The van der Waals surface area contributed by atoms with E-state index in [9.17, 15) is 4.79 Å². The van der Waals surface area contributed by atoms with E-state index >= 15 is 0 Å². The molecule has 1 heterocycles. The average Bonchev–Trinajstić information content (AvgIpc) is 2.59. The van der Waals surface area contributed by atoms with Crippen LogP contribution in [0.15, 0.2) is 53.6 Å². The van der Waals surface area contributed by atoms with Crippen molar-refractivity contribution in [3.8, 4) is 11.5 Å². The second-order valence-corrected chi connectivity index (χ2v) is 5.42. The molecule has 6 heteroatoms. The SMILES string of the molecule is C/C(=N\NC(=O)C1COc2ccccc2O1)c1ccccc1Cl. The fourth-order valence-corrected chi connectivity index (χ4v) is 2.45. The molecular weight excluding hydrogens is 316 g/mol. The first-order valence-corrected chi connectivity index (χ1v) is 7.50. The van der Waals surface area contributed by atoms with Crippen LogP contribution in [-0.4, -0.2) is 24.3 Å². The number of hydrogen-bond donors (Lipinski definition) is 1. The third-order valence-electron chi connectivity index (χ3n) is 3.40. The minimum absolute atomic E-state index is 0.142. The number of hydrazone groups is 1. The maximum atomic E-state index is 12.2. The number of halogens is 1. The second kappa shape index (κ2) is 6.71. The van der Waals surface area contributed by atoms with Gasteiger partial charge in [-0.25, -0.2) is 5.43 Å². The quantitative estimate of drug-likeness (QED) is 0.695. The molecule has 0 aromatic heterocycles. The van der Waals surface area contributed by atoms with Gasteiger partial charge in [0.25, 0.3) is 5.91 Å². The van der Waals surface area contributed by atoms with Crippen LogP contribution < -0.4 is 14.9 Å². The standard InChI is InChI=1S/C17H15ClN2O3/c1-11(12-6-2-3-7-13(12)18)19-20-17(21)16-10-22-14-8-4-5-9-15(14)23-16/h2-9,16H,10H2,1H3,(H,20,21)/b19-11+. The summed E-state index contributed by atoms with van der Waals surface area (Å²) in [7, 11) is 0. The Hall–Kier alpha value is -2.53. The minimum Gasteiger partial charge on any atom is -0.485 e. The van der Waals surface area contributed by atoms with Gasteiger partial charge in [0.2, 0.25) is 6.10 Å². The van der Waals surface area contributed by atoms with Gasteiger partial charge in [-0.1, -0.05) is 41.9 Å². The fourth-order valence-electron chi connectivity index (χ4n) is 2.17. The summed E-state index contributed by atoms with van der Waals surface area (Å²) in [6, 6.07) is 14.5. The lowest BCUT2D eigenvalue weighted by molar-refractivity contribution is -0.130. The molecule has 1 aliphatic rings. The van der Waals surface area contributed by atoms with E-state index in [0.29, 0.717) is 22.2 Å². The normalized spacial score (nSPS) is 16.8. The lowest BCUT2D eigenvalue weighted by atomic mass is 10.1. The Labute approximate surface area is 138 Å². The molecule has 0 saturated heterocycles. The molecule has 0 aliphatic carbocycles. The number of benzene rings is 2. The summed E-state index contributed by atoms with van der Waals surface area (Å²) in [5, 5.41) is 4.66. The van der Waals surface area contributed by atoms with Crippen molar-refractivity contribution in [2.45, 2.75) is 13.0 Å². The number of ether oxygens (including phenoxy) is 2. The molecule has 1 amide bonds.